The highest BCUT2D eigenvalue weighted by atomic mass is 16.5. The minimum Gasteiger partial charge on any atom is -0.394 e. The van der Waals surface area contributed by atoms with Crippen molar-refractivity contribution < 1.29 is 9.84 Å². The van der Waals surface area contributed by atoms with Gasteiger partial charge in [-0.1, -0.05) is 37.3 Å². The van der Waals surface area contributed by atoms with Gasteiger partial charge < -0.3 is 15.2 Å². The Morgan fingerprint density at radius 2 is 2.00 bits per heavy atom. The van der Waals surface area contributed by atoms with Crippen molar-refractivity contribution >= 4 is 0 Å². The normalized spacial score (nSPS) is 12.6. The van der Waals surface area contributed by atoms with Crippen LogP contribution in [-0.4, -0.2) is 38.0 Å². The lowest BCUT2D eigenvalue weighted by atomic mass is 10.0. The number of benzene rings is 1. The van der Waals surface area contributed by atoms with Crippen LogP contribution in [0, 0.1) is 0 Å². The molecule has 3 nitrogen and oxygen atoms in total. The maximum absolute atomic E-state index is 8.51. The molecule has 0 aliphatic carbocycles. The molecular weight excluding hydrogens is 202 g/mol. The van der Waals surface area contributed by atoms with Crippen LogP contribution in [0.2, 0.25) is 0 Å². The standard InChI is InChI=1S/C13H21NO2/c1-12(13-5-3-2-4-6-13)11-14-7-9-16-10-8-15/h2-6,12,14-15H,7-11H2,1H3. The van der Waals surface area contributed by atoms with E-state index in [2.05, 4.69) is 36.5 Å². The lowest BCUT2D eigenvalue weighted by Gasteiger charge is -2.12. The molecule has 0 aliphatic rings. The molecule has 0 heterocycles. The summed E-state index contributed by atoms with van der Waals surface area (Å²) in [6, 6.07) is 10.5. The zero-order valence-electron chi connectivity index (χ0n) is 9.86. The molecule has 1 aromatic carbocycles. The van der Waals surface area contributed by atoms with Gasteiger partial charge in [0, 0.05) is 13.1 Å². The van der Waals surface area contributed by atoms with Gasteiger partial charge in [-0.15, -0.1) is 0 Å². The summed E-state index contributed by atoms with van der Waals surface area (Å²) in [6.07, 6.45) is 0. The van der Waals surface area contributed by atoms with E-state index in [1.165, 1.54) is 5.56 Å². The third-order valence-corrected chi connectivity index (χ3v) is 2.48. The van der Waals surface area contributed by atoms with E-state index in [4.69, 9.17) is 9.84 Å². The second-order valence-electron chi connectivity index (χ2n) is 3.85. The molecule has 2 N–H and O–H groups in total. The number of hydrogen-bond acceptors (Lipinski definition) is 3. The van der Waals surface area contributed by atoms with Crippen LogP contribution >= 0.6 is 0 Å². The average molecular weight is 223 g/mol. The Bertz CT molecular complexity index is 264. The SMILES string of the molecule is CC(CNCCOCCO)c1ccccc1. The van der Waals surface area contributed by atoms with Crippen LogP contribution in [-0.2, 0) is 4.74 Å². The van der Waals surface area contributed by atoms with Crippen LogP contribution in [0.4, 0.5) is 0 Å². The summed E-state index contributed by atoms with van der Waals surface area (Å²) in [5.74, 6) is 0.513. The zero-order chi connectivity index (χ0) is 11.6. The zero-order valence-corrected chi connectivity index (χ0v) is 9.86. The monoisotopic (exact) mass is 223 g/mol. The van der Waals surface area contributed by atoms with Gasteiger partial charge in [0.05, 0.1) is 19.8 Å². The van der Waals surface area contributed by atoms with Gasteiger partial charge in [0.2, 0.25) is 0 Å². The quantitative estimate of drug-likeness (QED) is 0.654. The maximum Gasteiger partial charge on any atom is 0.0698 e. The van der Waals surface area contributed by atoms with E-state index in [0.717, 1.165) is 13.1 Å². The highest BCUT2D eigenvalue weighted by Crippen LogP contribution is 2.12. The molecule has 0 spiro atoms. The predicted octanol–water partition coefficient (Wildman–Crippen LogP) is 1.39. The summed E-state index contributed by atoms with van der Waals surface area (Å²) in [6.45, 7) is 5.17. The molecular formula is C13H21NO2. The number of aliphatic hydroxyl groups is 1. The molecule has 3 heteroatoms. The third kappa shape index (κ3) is 5.26. The number of rotatable bonds is 8. The molecule has 0 saturated carbocycles. The Morgan fingerprint density at radius 1 is 1.25 bits per heavy atom. The lowest BCUT2D eigenvalue weighted by Crippen LogP contribution is -2.24. The second kappa shape index (κ2) is 8.28. The third-order valence-electron chi connectivity index (χ3n) is 2.48. The molecule has 90 valence electrons. The molecule has 1 unspecified atom stereocenters. The lowest BCUT2D eigenvalue weighted by molar-refractivity contribution is 0.0938. The van der Waals surface area contributed by atoms with Gasteiger partial charge >= 0.3 is 0 Å². The van der Waals surface area contributed by atoms with Crippen LogP contribution in [0.1, 0.15) is 18.4 Å². The summed E-state index contributed by atoms with van der Waals surface area (Å²) in [5.41, 5.74) is 1.35. The van der Waals surface area contributed by atoms with Gasteiger partial charge in [-0.25, -0.2) is 0 Å². The second-order valence-corrected chi connectivity index (χ2v) is 3.85. The van der Waals surface area contributed by atoms with Gasteiger partial charge in [-0.3, -0.25) is 0 Å². The van der Waals surface area contributed by atoms with Crippen LogP contribution in [0.15, 0.2) is 30.3 Å². The highest BCUT2D eigenvalue weighted by molar-refractivity contribution is 5.18. The van der Waals surface area contributed by atoms with Crippen molar-refractivity contribution in [2.24, 2.45) is 0 Å². The summed E-state index contributed by atoms with van der Waals surface area (Å²) in [7, 11) is 0. The summed E-state index contributed by atoms with van der Waals surface area (Å²) in [4.78, 5) is 0. The molecule has 0 radical (unpaired) electrons. The van der Waals surface area contributed by atoms with Crippen LogP contribution in [0.3, 0.4) is 0 Å². The molecule has 16 heavy (non-hydrogen) atoms. The highest BCUT2D eigenvalue weighted by Gasteiger charge is 2.03. The van der Waals surface area contributed by atoms with Crippen molar-refractivity contribution in [1.82, 2.24) is 5.32 Å². The first-order valence-electron chi connectivity index (χ1n) is 5.79. The van der Waals surface area contributed by atoms with E-state index in [9.17, 15) is 0 Å². The minimum absolute atomic E-state index is 0.0976. The molecule has 0 aliphatic heterocycles. The molecule has 0 fully saturated rings. The molecule has 0 bridgehead atoms. The molecule has 1 aromatic rings. The van der Waals surface area contributed by atoms with E-state index >= 15 is 0 Å². The van der Waals surface area contributed by atoms with Crippen molar-refractivity contribution in [2.45, 2.75) is 12.8 Å². The fourth-order valence-electron chi connectivity index (χ4n) is 1.53. The van der Waals surface area contributed by atoms with Gasteiger partial charge in [-0.05, 0) is 11.5 Å². The first kappa shape index (κ1) is 13.2. The van der Waals surface area contributed by atoms with Crippen molar-refractivity contribution in [3.8, 4) is 0 Å². The summed E-state index contributed by atoms with van der Waals surface area (Å²) in [5, 5.41) is 11.9. The Labute approximate surface area is 97.4 Å². The molecule has 0 aromatic heterocycles. The fourth-order valence-corrected chi connectivity index (χ4v) is 1.53. The summed E-state index contributed by atoms with van der Waals surface area (Å²) < 4.78 is 5.16. The van der Waals surface area contributed by atoms with Crippen molar-refractivity contribution in [3.63, 3.8) is 0 Å². The van der Waals surface area contributed by atoms with Gasteiger partial charge in [0.15, 0.2) is 0 Å². The molecule has 1 rings (SSSR count). The minimum atomic E-state index is 0.0976. The number of ether oxygens (including phenoxy) is 1. The van der Waals surface area contributed by atoms with Crippen molar-refractivity contribution in [3.05, 3.63) is 35.9 Å². The smallest absolute Gasteiger partial charge is 0.0698 e. The van der Waals surface area contributed by atoms with Gasteiger partial charge in [0.25, 0.3) is 0 Å². The van der Waals surface area contributed by atoms with E-state index in [0.29, 0.717) is 19.1 Å². The van der Waals surface area contributed by atoms with E-state index in [-0.39, 0.29) is 6.61 Å². The van der Waals surface area contributed by atoms with Crippen molar-refractivity contribution in [1.29, 1.82) is 0 Å². The van der Waals surface area contributed by atoms with E-state index in [1.54, 1.807) is 0 Å². The molecule has 0 amide bonds. The molecule has 1 atom stereocenters. The summed E-state index contributed by atoms with van der Waals surface area (Å²) >= 11 is 0. The number of aliphatic hydroxyl groups excluding tert-OH is 1. The van der Waals surface area contributed by atoms with Crippen molar-refractivity contribution in [2.75, 3.05) is 32.9 Å². The first-order valence-corrected chi connectivity index (χ1v) is 5.79. The van der Waals surface area contributed by atoms with E-state index < -0.39 is 0 Å². The first-order chi connectivity index (χ1) is 7.84. The Hall–Kier alpha value is -0.900. The van der Waals surface area contributed by atoms with Gasteiger partial charge in [0.1, 0.15) is 0 Å². The predicted molar refractivity (Wildman–Crippen MR) is 65.6 cm³/mol. The van der Waals surface area contributed by atoms with Gasteiger partial charge in [-0.2, -0.15) is 0 Å². The Morgan fingerprint density at radius 3 is 2.69 bits per heavy atom. The average Bonchev–Trinajstić information content (AvgIpc) is 2.34. The maximum atomic E-state index is 8.51. The van der Waals surface area contributed by atoms with E-state index in [1.807, 2.05) is 6.07 Å². The largest absolute Gasteiger partial charge is 0.394 e. The Balaban J connectivity index is 2.09. The number of hydrogen-bond donors (Lipinski definition) is 2. The Kier molecular flexibility index (Phi) is 6.81. The molecule has 0 saturated heterocycles. The number of nitrogens with one attached hydrogen (secondary N) is 1. The van der Waals surface area contributed by atoms with Crippen LogP contribution in [0.5, 0.6) is 0 Å². The van der Waals surface area contributed by atoms with Crippen LogP contribution < -0.4 is 5.32 Å². The topological polar surface area (TPSA) is 41.5 Å². The fraction of sp³-hybridized carbons (Fsp3) is 0.538. The van der Waals surface area contributed by atoms with Crippen LogP contribution in [0.25, 0.3) is 0 Å².